The lowest BCUT2D eigenvalue weighted by molar-refractivity contribution is 0.476. The van der Waals surface area contributed by atoms with Crippen LogP contribution in [0.2, 0.25) is 10.0 Å². The molecule has 2 N–H and O–H groups in total. The Kier molecular flexibility index (Phi) is 5.23. The molecule has 0 saturated carbocycles. The van der Waals surface area contributed by atoms with Gasteiger partial charge in [0.25, 0.3) is 0 Å². The smallest absolute Gasteiger partial charge is 0.152 e. The maximum absolute atomic E-state index is 9.41. The fraction of sp³-hybridized carbons (Fsp3) is 0.500. The van der Waals surface area contributed by atoms with Crippen molar-refractivity contribution in [3.63, 3.8) is 0 Å². The molecule has 0 saturated heterocycles. The molecule has 1 unspecified atom stereocenters. The number of aromatic hydroxyl groups is 1. The Morgan fingerprint density at radius 3 is 2.38 bits per heavy atom. The van der Waals surface area contributed by atoms with Crippen molar-refractivity contribution in [2.75, 3.05) is 5.32 Å². The molecular formula is C12H17Cl2NO. The predicted octanol–water partition coefficient (Wildman–Crippen LogP) is 4.69. The monoisotopic (exact) mass is 261 g/mol. The minimum absolute atomic E-state index is 0.0601. The van der Waals surface area contributed by atoms with Crippen LogP contribution >= 0.6 is 23.2 Å². The van der Waals surface area contributed by atoms with Gasteiger partial charge in [0.15, 0.2) is 5.75 Å². The second-order valence-corrected chi connectivity index (χ2v) is 4.79. The Labute approximate surface area is 107 Å². The maximum atomic E-state index is 9.41. The van der Waals surface area contributed by atoms with Crippen LogP contribution < -0.4 is 5.32 Å². The number of hydrogen-bond acceptors (Lipinski definition) is 2. The summed E-state index contributed by atoms with van der Waals surface area (Å²) >= 11 is 11.7. The number of rotatable bonds is 5. The number of nitrogens with one attached hydrogen (secondary N) is 1. The van der Waals surface area contributed by atoms with E-state index in [0.717, 1.165) is 12.1 Å². The number of benzene rings is 1. The molecule has 1 rings (SSSR count). The summed E-state index contributed by atoms with van der Waals surface area (Å²) in [5.41, 5.74) is 0.844. The van der Waals surface area contributed by atoms with Crippen molar-refractivity contribution in [1.82, 2.24) is 0 Å². The topological polar surface area (TPSA) is 32.3 Å². The number of phenolic OH excluding ortho intramolecular Hbond substituents is 1. The fourth-order valence-electron chi connectivity index (χ4n) is 1.52. The summed E-state index contributed by atoms with van der Waals surface area (Å²) in [6.45, 7) is 4.28. The van der Waals surface area contributed by atoms with Gasteiger partial charge in [-0.2, -0.15) is 0 Å². The van der Waals surface area contributed by atoms with Crippen LogP contribution in [0.3, 0.4) is 0 Å². The molecule has 0 amide bonds. The molecular weight excluding hydrogens is 245 g/mol. The van der Waals surface area contributed by atoms with E-state index in [9.17, 15) is 5.11 Å². The molecule has 1 atom stereocenters. The van der Waals surface area contributed by atoms with Crippen molar-refractivity contribution in [3.05, 3.63) is 22.2 Å². The van der Waals surface area contributed by atoms with Gasteiger partial charge in [-0.1, -0.05) is 43.0 Å². The van der Waals surface area contributed by atoms with Gasteiger partial charge in [-0.05, 0) is 25.5 Å². The van der Waals surface area contributed by atoms with Gasteiger partial charge < -0.3 is 10.4 Å². The van der Waals surface area contributed by atoms with Gasteiger partial charge in [0.2, 0.25) is 0 Å². The van der Waals surface area contributed by atoms with Gasteiger partial charge in [0, 0.05) is 11.7 Å². The average molecular weight is 262 g/mol. The Bertz CT molecular complexity index is 332. The van der Waals surface area contributed by atoms with E-state index < -0.39 is 0 Å². The Morgan fingerprint density at radius 1 is 1.31 bits per heavy atom. The van der Waals surface area contributed by atoms with Crippen LogP contribution in [0.1, 0.15) is 33.1 Å². The highest BCUT2D eigenvalue weighted by atomic mass is 35.5. The highest BCUT2D eigenvalue weighted by Gasteiger charge is 2.08. The molecule has 0 aliphatic heterocycles. The van der Waals surface area contributed by atoms with Crippen LogP contribution in [0.4, 0.5) is 5.69 Å². The lowest BCUT2D eigenvalue weighted by Gasteiger charge is -2.15. The molecule has 0 aromatic heterocycles. The first-order valence-corrected chi connectivity index (χ1v) is 6.24. The van der Waals surface area contributed by atoms with E-state index in [-0.39, 0.29) is 15.8 Å². The Hall–Kier alpha value is -0.600. The van der Waals surface area contributed by atoms with Crippen LogP contribution in [0.5, 0.6) is 5.75 Å². The first-order chi connectivity index (χ1) is 7.54. The van der Waals surface area contributed by atoms with Crippen molar-refractivity contribution in [1.29, 1.82) is 0 Å². The highest BCUT2D eigenvalue weighted by Crippen LogP contribution is 2.34. The number of halogens is 2. The zero-order chi connectivity index (χ0) is 12.1. The van der Waals surface area contributed by atoms with Crippen LogP contribution in [-0.4, -0.2) is 11.1 Å². The fourth-order valence-corrected chi connectivity index (χ4v) is 2.00. The minimum atomic E-state index is -0.0601. The molecule has 0 radical (unpaired) electrons. The van der Waals surface area contributed by atoms with Gasteiger partial charge in [-0.15, -0.1) is 0 Å². The molecule has 0 aliphatic rings. The first-order valence-electron chi connectivity index (χ1n) is 5.49. The number of hydrogen-bond donors (Lipinski definition) is 2. The van der Waals surface area contributed by atoms with Crippen LogP contribution in [0, 0.1) is 0 Å². The van der Waals surface area contributed by atoms with Crippen LogP contribution in [-0.2, 0) is 0 Å². The molecule has 0 fully saturated rings. The lowest BCUT2D eigenvalue weighted by atomic mass is 10.1. The summed E-state index contributed by atoms with van der Waals surface area (Å²) < 4.78 is 0. The lowest BCUT2D eigenvalue weighted by Crippen LogP contribution is -2.14. The summed E-state index contributed by atoms with van der Waals surface area (Å²) in [6.07, 6.45) is 3.48. The Morgan fingerprint density at radius 2 is 1.88 bits per heavy atom. The molecule has 0 heterocycles. The maximum Gasteiger partial charge on any atom is 0.152 e. The van der Waals surface area contributed by atoms with Gasteiger partial charge in [0.05, 0.1) is 10.0 Å². The highest BCUT2D eigenvalue weighted by molar-refractivity contribution is 6.37. The van der Waals surface area contributed by atoms with Gasteiger partial charge in [-0.25, -0.2) is 0 Å². The zero-order valence-electron chi connectivity index (χ0n) is 9.56. The van der Waals surface area contributed by atoms with E-state index in [0.29, 0.717) is 6.04 Å². The second kappa shape index (κ2) is 6.21. The van der Waals surface area contributed by atoms with Crippen molar-refractivity contribution in [2.24, 2.45) is 0 Å². The summed E-state index contributed by atoms with van der Waals surface area (Å²) in [5, 5.41) is 13.3. The Balaban J connectivity index is 2.67. The molecule has 90 valence electrons. The van der Waals surface area contributed by atoms with Crippen molar-refractivity contribution < 1.29 is 5.11 Å². The molecule has 2 nitrogen and oxygen atoms in total. The average Bonchev–Trinajstić information content (AvgIpc) is 2.23. The summed E-state index contributed by atoms with van der Waals surface area (Å²) in [6, 6.07) is 3.74. The van der Waals surface area contributed by atoms with Gasteiger partial charge >= 0.3 is 0 Å². The largest absolute Gasteiger partial charge is 0.505 e. The van der Waals surface area contributed by atoms with Gasteiger partial charge in [0.1, 0.15) is 0 Å². The normalized spacial score (nSPS) is 12.5. The summed E-state index contributed by atoms with van der Waals surface area (Å²) in [4.78, 5) is 0. The number of phenols is 1. The van der Waals surface area contributed by atoms with Crippen LogP contribution in [0.15, 0.2) is 12.1 Å². The van der Waals surface area contributed by atoms with E-state index in [1.807, 2.05) is 0 Å². The molecule has 0 aliphatic carbocycles. The van der Waals surface area contributed by atoms with E-state index in [4.69, 9.17) is 23.2 Å². The molecule has 16 heavy (non-hydrogen) atoms. The quantitative estimate of drug-likeness (QED) is 0.754. The van der Waals surface area contributed by atoms with E-state index in [1.165, 1.54) is 12.8 Å². The molecule has 1 aromatic carbocycles. The third-order valence-electron chi connectivity index (χ3n) is 2.42. The third kappa shape index (κ3) is 3.76. The van der Waals surface area contributed by atoms with Crippen molar-refractivity contribution >= 4 is 28.9 Å². The summed E-state index contributed by atoms with van der Waals surface area (Å²) in [7, 11) is 0. The van der Waals surface area contributed by atoms with Crippen LogP contribution in [0.25, 0.3) is 0 Å². The second-order valence-electron chi connectivity index (χ2n) is 3.98. The van der Waals surface area contributed by atoms with Crippen molar-refractivity contribution in [3.8, 4) is 5.75 Å². The predicted molar refractivity (Wildman–Crippen MR) is 70.7 cm³/mol. The van der Waals surface area contributed by atoms with E-state index >= 15 is 0 Å². The van der Waals surface area contributed by atoms with Gasteiger partial charge in [-0.3, -0.25) is 0 Å². The summed E-state index contributed by atoms with van der Waals surface area (Å²) in [5.74, 6) is -0.0601. The first kappa shape index (κ1) is 13.5. The molecule has 1 aromatic rings. The standard InChI is InChI=1S/C12H17Cl2NO/c1-3-4-5-8(2)15-9-6-10(13)12(16)11(14)7-9/h6-8,15-16H,3-5H2,1-2H3. The third-order valence-corrected chi connectivity index (χ3v) is 3.00. The molecule has 4 heteroatoms. The molecule has 0 bridgehead atoms. The SMILES string of the molecule is CCCCC(C)Nc1cc(Cl)c(O)c(Cl)c1. The zero-order valence-corrected chi connectivity index (χ0v) is 11.1. The minimum Gasteiger partial charge on any atom is -0.505 e. The number of unbranched alkanes of at least 4 members (excludes halogenated alkanes) is 1. The van der Waals surface area contributed by atoms with E-state index in [2.05, 4.69) is 19.2 Å². The molecule has 0 spiro atoms. The van der Waals surface area contributed by atoms with Crippen molar-refractivity contribution in [2.45, 2.75) is 39.2 Å². The number of anilines is 1. The van der Waals surface area contributed by atoms with E-state index in [1.54, 1.807) is 12.1 Å².